The number of rotatable bonds is 4. The zero-order valence-electron chi connectivity index (χ0n) is 13.9. The summed E-state index contributed by atoms with van der Waals surface area (Å²) < 4.78 is 6.65. The first-order valence-corrected chi connectivity index (χ1v) is 9.58. The molecule has 1 aliphatic rings. The number of hydrogen-bond acceptors (Lipinski definition) is 6. The summed E-state index contributed by atoms with van der Waals surface area (Å²) in [5.74, 6) is -0.982. The predicted molar refractivity (Wildman–Crippen MR) is 96.9 cm³/mol. The van der Waals surface area contributed by atoms with Crippen LogP contribution in [0.4, 0.5) is 0 Å². The normalized spacial score (nSPS) is 17.5. The van der Waals surface area contributed by atoms with Crippen molar-refractivity contribution in [2.45, 2.75) is 32.2 Å². The molecule has 0 radical (unpaired) electrons. The summed E-state index contributed by atoms with van der Waals surface area (Å²) in [6.45, 7) is 3.07. The molecule has 1 aliphatic heterocycles. The molecule has 1 aromatic heterocycles. The van der Waals surface area contributed by atoms with Crippen molar-refractivity contribution in [3.05, 3.63) is 36.0 Å². The molecule has 1 unspecified atom stereocenters. The summed E-state index contributed by atoms with van der Waals surface area (Å²) in [6.07, 6.45) is 3.43. The first kappa shape index (κ1) is 17.9. The van der Waals surface area contributed by atoms with Gasteiger partial charge < -0.3 is 14.5 Å². The molecule has 0 amide bonds. The molecule has 1 atom stereocenters. The Balaban J connectivity index is 1.70. The average molecular weight is 377 g/mol. The van der Waals surface area contributed by atoms with E-state index in [2.05, 4.69) is 17.1 Å². The summed E-state index contributed by atoms with van der Waals surface area (Å²) in [6, 6.07) is 9.36. The highest BCUT2D eigenvalue weighted by Crippen LogP contribution is 2.22. The smallest absolute Gasteiger partial charge is 0.307 e. The van der Waals surface area contributed by atoms with E-state index in [-0.39, 0.29) is 17.2 Å². The number of hydrogen-bond donors (Lipinski definition) is 0. The fraction of sp³-hybridized carbons (Fsp3) is 0.412. The number of piperidine rings is 1. The number of Topliss-reactive ketones (excluding diaryl/α,β-unsaturated/α-hetero) is 1. The molecule has 3 rings (SSSR count). The lowest BCUT2D eigenvalue weighted by Gasteiger charge is -2.34. The molecule has 0 N–H and O–H groups in total. The third-order valence-electron chi connectivity index (χ3n) is 4.24. The van der Waals surface area contributed by atoms with Crippen molar-refractivity contribution in [1.29, 1.82) is 0 Å². The number of thioether (sulfide) groups is 1. The van der Waals surface area contributed by atoms with Crippen LogP contribution in [0.2, 0.25) is 0 Å². The number of para-hydroxylation sites is 1. The summed E-state index contributed by atoms with van der Waals surface area (Å²) in [5.41, 5.74) is 0.530. The Morgan fingerprint density at radius 1 is 1.44 bits per heavy atom. The van der Waals surface area contributed by atoms with Gasteiger partial charge >= 0.3 is 5.69 Å². The molecule has 132 valence electrons. The zero-order chi connectivity index (χ0) is 17.8. The molecule has 0 saturated carbocycles. The van der Waals surface area contributed by atoms with Gasteiger partial charge in [0.25, 0.3) is 0 Å². The number of nitrogens with zero attached hydrogens (tertiary/aromatic N) is 3. The van der Waals surface area contributed by atoms with Gasteiger partial charge in [-0.05, 0) is 30.9 Å². The summed E-state index contributed by atoms with van der Waals surface area (Å²) in [7, 11) is 0. The molecular weight excluding hydrogens is 358 g/mol. The quantitative estimate of drug-likeness (QED) is 0.459. The molecule has 25 heavy (non-hydrogen) atoms. The number of carbonyl (C=O) groups excluding carboxylic acids is 1. The van der Waals surface area contributed by atoms with Crippen LogP contribution in [0.1, 0.15) is 36.7 Å². The van der Waals surface area contributed by atoms with Crippen molar-refractivity contribution in [3.63, 3.8) is 0 Å². The van der Waals surface area contributed by atoms with E-state index < -0.39 is 5.95 Å². The Morgan fingerprint density at radius 2 is 2.20 bits per heavy atom. The lowest BCUT2D eigenvalue weighted by Crippen LogP contribution is -2.41. The summed E-state index contributed by atoms with van der Waals surface area (Å²) in [5, 5.41) is 15.6. The number of aromatic nitrogens is 2. The van der Waals surface area contributed by atoms with Crippen LogP contribution >= 0.6 is 24.0 Å². The monoisotopic (exact) mass is 377 g/mol. The fourth-order valence-electron chi connectivity index (χ4n) is 2.87. The van der Waals surface area contributed by atoms with Crippen LogP contribution in [0.5, 0.6) is 5.95 Å². The molecule has 0 bridgehead atoms. The molecular formula is C17H19N3O3S2. The highest BCUT2D eigenvalue weighted by atomic mass is 32.2. The van der Waals surface area contributed by atoms with Gasteiger partial charge in [0, 0.05) is 24.7 Å². The summed E-state index contributed by atoms with van der Waals surface area (Å²) >= 11 is 6.76. The number of likely N-dealkylation sites (tertiary alicyclic amines) is 1. The van der Waals surface area contributed by atoms with Crippen LogP contribution in [-0.2, 0) is 0 Å². The van der Waals surface area contributed by atoms with Crippen LogP contribution in [-0.4, -0.2) is 38.6 Å². The summed E-state index contributed by atoms with van der Waals surface area (Å²) in [4.78, 5) is 14.7. The largest absolute Gasteiger partial charge is 0.539 e. The van der Waals surface area contributed by atoms with E-state index in [1.807, 2.05) is 6.07 Å². The van der Waals surface area contributed by atoms with Crippen LogP contribution < -0.4 is 9.79 Å². The second-order valence-corrected chi connectivity index (χ2v) is 7.58. The van der Waals surface area contributed by atoms with Crippen molar-refractivity contribution in [2.75, 3.05) is 12.3 Å². The van der Waals surface area contributed by atoms with Crippen molar-refractivity contribution >= 4 is 34.1 Å². The Labute approximate surface area is 155 Å². The highest BCUT2D eigenvalue weighted by molar-refractivity contribution is 8.23. The van der Waals surface area contributed by atoms with E-state index in [9.17, 15) is 9.90 Å². The van der Waals surface area contributed by atoms with Gasteiger partial charge in [-0.25, -0.2) is 0 Å². The first-order chi connectivity index (χ1) is 12.1. The Morgan fingerprint density at radius 3 is 2.92 bits per heavy atom. The molecule has 2 aromatic rings. The molecule has 1 aromatic carbocycles. The molecule has 2 heterocycles. The minimum atomic E-state index is -0.730. The van der Waals surface area contributed by atoms with Gasteiger partial charge in [0.1, 0.15) is 4.32 Å². The minimum Gasteiger partial charge on any atom is -0.539 e. The SMILES string of the molecule is CC1CCCCN1C(=S)SCC(=O)c1c([O-])on[n+]1-c1ccccc1. The van der Waals surface area contributed by atoms with Gasteiger partial charge in [-0.15, -0.1) is 0 Å². The number of benzene rings is 1. The maximum absolute atomic E-state index is 12.6. The standard InChI is InChI=1S/C17H19N3O3S2/c1-12-7-5-6-10-19(12)17(24)25-11-14(21)15-16(22)23-18-20(15)13-8-3-2-4-9-13/h2-4,8-9,12H,5-7,10-11H2,1H3. The van der Waals surface area contributed by atoms with E-state index >= 15 is 0 Å². The topological polar surface area (TPSA) is 73.3 Å². The predicted octanol–water partition coefficient (Wildman–Crippen LogP) is 2.10. The lowest BCUT2D eigenvalue weighted by molar-refractivity contribution is -0.672. The van der Waals surface area contributed by atoms with Crippen LogP contribution in [0.15, 0.2) is 34.9 Å². The van der Waals surface area contributed by atoms with Crippen LogP contribution in [0, 0.1) is 0 Å². The van der Waals surface area contributed by atoms with Crippen LogP contribution in [0.3, 0.4) is 0 Å². The molecule has 0 spiro atoms. The van der Waals surface area contributed by atoms with Crippen molar-refractivity contribution in [3.8, 4) is 11.6 Å². The second kappa shape index (κ2) is 7.97. The molecule has 6 nitrogen and oxygen atoms in total. The van der Waals surface area contributed by atoms with E-state index in [0.717, 1.165) is 19.4 Å². The second-order valence-electron chi connectivity index (χ2n) is 5.97. The number of ketones is 1. The number of carbonyl (C=O) groups is 1. The maximum atomic E-state index is 12.6. The molecule has 8 heteroatoms. The molecule has 1 fully saturated rings. The maximum Gasteiger partial charge on any atom is 0.307 e. The first-order valence-electron chi connectivity index (χ1n) is 8.19. The Bertz CT molecular complexity index is 764. The van der Waals surface area contributed by atoms with Gasteiger partial charge in [-0.2, -0.15) is 0 Å². The average Bonchev–Trinajstić information content (AvgIpc) is 3.02. The molecule has 0 aliphatic carbocycles. The highest BCUT2D eigenvalue weighted by Gasteiger charge is 2.28. The lowest BCUT2D eigenvalue weighted by atomic mass is 10.1. The van der Waals surface area contributed by atoms with Crippen molar-refractivity contribution < 1.29 is 19.1 Å². The third-order valence-corrected chi connectivity index (χ3v) is 5.72. The van der Waals surface area contributed by atoms with E-state index in [4.69, 9.17) is 16.7 Å². The fourth-order valence-corrected chi connectivity index (χ4v) is 4.15. The van der Waals surface area contributed by atoms with Gasteiger partial charge in [0.2, 0.25) is 11.5 Å². The zero-order valence-corrected chi connectivity index (χ0v) is 15.5. The van der Waals surface area contributed by atoms with Crippen molar-refractivity contribution in [2.24, 2.45) is 0 Å². The van der Waals surface area contributed by atoms with Gasteiger partial charge in [-0.3, -0.25) is 4.79 Å². The Hall–Kier alpha value is -1.93. The van der Waals surface area contributed by atoms with Crippen molar-refractivity contribution in [1.82, 2.24) is 10.2 Å². The molecule has 1 saturated heterocycles. The van der Waals surface area contributed by atoms with Crippen LogP contribution in [0.25, 0.3) is 5.69 Å². The Kier molecular flexibility index (Phi) is 5.70. The third kappa shape index (κ3) is 4.01. The van der Waals surface area contributed by atoms with Gasteiger partial charge in [0.15, 0.2) is 5.95 Å². The number of thiocarbonyl (C=S) groups is 1. The van der Waals surface area contributed by atoms with E-state index in [1.165, 1.54) is 22.9 Å². The van der Waals surface area contributed by atoms with Gasteiger partial charge in [-0.1, -0.05) is 42.2 Å². The van der Waals surface area contributed by atoms with E-state index in [0.29, 0.717) is 16.0 Å². The van der Waals surface area contributed by atoms with Gasteiger partial charge in [0.05, 0.1) is 11.0 Å². The van der Waals surface area contributed by atoms with E-state index in [1.54, 1.807) is 24.3 Å². The minimum absolute atomic E-state index is 0.0757.